The van der Waals surface area contributed by atoms with Gasteiger partial charge in [-0.2, -0.15) is 0 Å². The lowest BCUT2D eigenvalue weighted by Crippen LogP contribution is -2.49. The summed E-state index contributed by atoms with van der Waals surface area (Å²) in [7, 11) is 0. The predicted molar refractivity (Wildman–Crippen MR) is 76.7 cm³/mol. The van der Waals surface area contributed by atoms with Crippen LogP contribution >= 0.6 is 0 Å². The quantitative estimate of drug-likeness (QED) is 0.429. The summed E-state index contributed by atoms with van der Waals surface area (Å²) < 4.78 is 37.1. The molecule has 0 radical (unpaired) electrons. The zero-order valence-corrected chi connectivity index (χ0v) is 13.0. The Morgan fingerprint density at radius 3 is 2.68 bits per heavy atom. The third-order valence-corrected chi connectivity index (χ3v) is 3.21. The van der Waals surface area contributed by atoms with Gasteiger partial charge in [-0.25, -0.2) is 18.4 Å². The number of unbranched alkanes of at least 4 members (excludes halogenated alkanes) is 1. The molecule has 22 heavy (non-hydrogen) atoms. The van der Waals surface area contributed by atoms with Crippen LogP contribution in [0.15, 0.2) is 12.2 Å². The Morgan fingerprint density at radius 1 is 1.32 bits per heavy atom. The highest BCUT2D eigenvalue weighted by atomic mass is 19.3. The van der Waals surface area contributed by atoms with E-state index in [0.717, 1.165) is 17.4 Å². The van der Waals surface area contributed by atoms with E-state index in [-0.39, 0.29) is 19.8 Å². The van der Waals surface area contributed by atoms with Crippen LogP contribution in [0.25, 0.3) is 0 Å². The molecule has 1 unspecified atom stereocenters. The summed E-state index contributed by atoms with van der Waals surface area (Å²) in [5.41, 5.74) is 0. The van der Waals surface area contributed by atoms with E-state index >= 15 is 0 Å². The number of rotatable bonds is 6. The van der Waals surface area contributed by atoms with Gasteiger partial charge in [-0.15, -0.1) is 0 Å². The second-order valence-electron chi connectivity index (χ2n) is 5.28. The topological polar surface area (TPSA) is 55.8 Å². The molecule has 5 nitrogen and oxygen atoms in total. The van der Waals surface area contributed by atoms with Gasteiger partial charge in [0.2, 0.25) is 0 Å². The van der Waals surface area contributed by atoms with Crippen LogP contribution in [0.3, 0.4) is 0 Å². The van der Waals surface area contributed by atoms with Gasteiger partial charge >= 0.3 is 12.1 Å². The van der Waals surface area contributed by atoms with E-state index in [0.29, 0.717) is 6.42 Å². The maximum absolute atomic E-state index is 13.7. The smallest absolute Gasteiger partial charge is 0.409 e. The van der Waals surface area contributed by atoms with Crippen molar-refractivity contribution in [2.45, 2.75) is 39.0 Å². The fraction of sp³-hybridized carbons (Fsp3) is 0.733. The summed E-state index contributed by atoms with van der Waals surface area (Å²) in [5, 5.41) is 0. The van der Waals surface area contributed by atoms with E-state index in [2.05, 4.69) is 0 Å². The van der Waals surface area contributed by atoms with Crippen molar-refractivity contribution in [1.29, 1.82) is 0 Å². The second-order valence-corrected chi connectivity index (χ2v) is 5.28. The van der Waals surface area contributed by atoms with Crippen molar-refractivity contribution < 1.29 is 27.8 Å². The van der Waals surface area contributed by atoms with Gasteiger partial charge in [0.05, 0.1) is 19.8 Å². The zero-order valence-electron chi connectivity index (χ0n) is 13.0. The molecule has 0 aromatic rings. The van der Waals surface area contributed by atoms with E-state index in [1.54, 1.807) is 6.92 Å². The molecular weight excluding hydrogens is 296 g/mol. The largest absolute Gasteiger partial charge is 0.463 e. The summed E-state index contributed by atoms with van der Waals surface area (Å²) in [6, 6.07) is 0. The fourth-order valence-electron chi connectivity index (χ4n) is 2.21. The van der Waals surface area contributed by atoms with Gasteiger partial charge in [0.25, 0.3) is 5.92 Å². The fourth-order valence-corrected chi connectivity index (χ4v) is 2.21. The molecule has 1 aliphatic heterocycles. The highest BCUT2D eigenvalue weighted by molar-refractivity contribution is 5.81. The first-order chi connectivity index (χ1) is 10.4. The minimum atomic E-state index is -2.99. The van der Waals surface area contributed by atoms with Crippen molar-refractivity contribution >= 4 is 12.1 Å². The third kappa shape index (κ3) is 6.41. The number of halogens is 2. The number of alkyl halides is 2. The molecule has 7 heteroatoms. The molecule has 1 heterocycles. The van der Waals surface area contributed by atoms with Gasteiger partial charge in [0.15, 0.2) is 0 Å². The minimum absolute atomic E-state index is 0.108. The first-order valence-corrected chi connectivity index (χ1v) is 7.52. The Labute approximate surface area is 129 Å². The number of carbonyl (C=O) groups is 2. The van der Waals surface area contributed by atoms with E-state index in [9.17, 15) is 18.4 Å². The number of hydrogen-bond acceptors (Lipinski definition) is 4. The highest BCUT2D eigenvalue weighted by Gasteiger charge is 2.41. The number of carbonyl (C=O) groups excluding carboxylic acids is 2. The first-order valence-electron chi connectivity index (χ1n) is 7.52. The third-order valence-electron chi connectivity index (χ3n) is 3.21. The maximum Gasteiger partial charge on any atom is 0.409 e. The molecule has 1 rings (SSSR count). The molecule has 0 spiro atoms. The zero-order chi connectivity index (χ0) is 16.6. The van der Waals surface area contributed by atoms with E-state index in [1.165, 1.54) is 6.08 Å². The molecule has 1 aliphatic rings. The Hall–Kier alpha value is -1.66. The van der Waals surface area contributed by atoms with E-state index < -0.39 is 36.9 Å². The molecule has 0 aromatic heterocycles. The van der Waals surface area contributed by atoms with Crippen LogP contribution in [0.5, 0.6) is 0 Å². The first kappa shape index (κ1) is 18.4. The normalized spacial score (nSPS) is 20.9. The Morgan fingerprint density at radius 2 is 2.05 bits per heavy atom. The number of piperidine rings is 1. The lowest BCUT2D eigenvalue weighted by Gasteiger charge is -2.35. The molecule has 1 saturated heterocycles. The van der Waals surface area contributed by atoms with Crippen LogP contribution in [-0.4, -0.2) is 49.2 Å². The number of esters is 1. The van der Waals surface area contributed by atoms with Gasteiger partial charge in [-0.3, -0.25) is 0 Å². The van der Waals surface area contributed by atoms with Crippen molar-refractivity contribution in [2.75, 3.05) is 26.3 Å². The van der Waals surface area contributed by atoms with Crippen molar-refractivity contribution in [3.05, 3.63) is 12.2 Å². The minimum Gasteiger partial charge on any atom is -0.463 e. The Kier molecular flexibility index (Phi) is 7.27. The van der Waals surface area contributed by atoms with Gasteiger partial charge in [-0.1, -0.05) is 19.4 Å². The predicted octanol–water partition coefficient (Wildman–Crippen LogP) is 3.00. The summed E-state index contributed by atoms with van der Waals surface area (Å²) >= 11 is 0. The molecule has 0 saturated carbocycles. The molecular formula is C15H23F2NO4. The van der Waals surface area contributed by atoms with Gasteiger partial charge in [0.1, 0.15) is 0 Å². The standard InChI is InChI=1S/C15H23F2NO4/c1-3-5-8-22-14(20)18-10-12(9-15(16,17)11-18)6-7-13(19)21-4-2/h6-7,12H,3-5,8-11H2,1-2H3. The summed E-state index contributed by atoms with van der Waals surface area (Å²) in [6.45, 7) is 3.51. The van der Waals surface area contributed by atoms with Crippen LogP contribution < -0.4 is 0 Å². The molecule has 0 N–H and O–H groups in total. The van der Waals surface area contributed by atoms with Crippen molar-refractivity contribution in [3.63, 3.8) is 0 Å². The molecule has 0 aromatic carbocycles. The van der Waals surface area contributed by atoms with Crippen molar-refractivity contribution in [1.82, 2.24) is 4.90 Å². The summed E-state index contributed by atoms with van der Waals surface area (Å²) in [5.74, 6) is -4.17. The number of ether oxygens (including phenoxy) is 2. The van der Waals surface area contributed by atoms with Crippen LogP contribution in [0.1, 0.15) is 33.1 Å². The van der Waals surface area contributed by atoms with Crippen LogP contribution in [0.2, 0.25) is 0 Å². The van der Waals surface area contributed by atoms with Gasteiger partial charge in [-0.05, 0) is 13.3 Å². The Bertz CT molecular complexity index is 412. The summed E-state index contributed by atoms with van der Waals surface area (Å²) in [6.07, 6.45) is 2.92. The molecule has 126 valence electrons. The second kappa shape index (κ2) is 8.70. The van der Waals surface area contributed by atoms with Gasteiger partial charge < -0.3 is 14.4 Å². The summed E-state index contributed by atoms with van der Waals surface area (Å²) in [4.78, 5) is 24.0. The maximum atomic E-state index is 13.7. The lowest BCUT2D eigenvalue weighted by molar-refractivity contribution is -0.137. The molecule has 1 amide bonds. The molecule has 1 atom stereocenters. The van der Waals surface area contributed by atoms with Crippen LogP contribution in [-0.2, 0) is 14.3 Å². The van der Waals surface area contributed by atoms with Gasteiger partial charge in [0, 0.05) is 25.0 Å². The number of hydrogen-bond donors (Lipinski definition) is 0. The van der Waals surface area contributed by atoms with Crippen molar-refractivity contribution in [2.24, 2.45) is 5.92 Å². The average molecular weight is 319 g/mol. The number of nitrogens with zero attached hydrogens (tertiary/aromatic N) is 1. The SMILES string of the molecule is CCCCOC(=O)N1CC(C=CC(=O)OCC)CC(F)(F)C1. The number of likely N-dealkylation sites (tertiary alicyclic amines) is 1. The lowest BCUT2D eigenvalue weighted by atomic mass is 9.95. The number of amides is 1. The average Bonchev–Trinajstić information content (AvgIpc) is 2.44. The van der Waals surface area contributed by atoms with E-state index in [4.69, 9.17) is 9.47 Å². The molecule has 0 bridgehead atoms. The van der Waals surface area contributed by atoms with Crippen molar-refractivity contribution in [3.8, 4) is 0 Å². The van der Waals surface area contributed by atoms with Crippen LogP contribution in [0.4, 0.5) is 13.6 Å². The molecule has 1 fully saturated rings. The van der Waals surface area contributed by atoms with Crippen LogP contribution in [0, 0.1) is 5.92 Å². The Balaban J connectivity index is 2.61. The monoisotopic (exact) mass is 319 g/mol. The molecule has 0 aliphatic carbocycles. The highest BCUT2D eigenvalue weighted by Crippen LogP contribution is 2.31. The van der Waals surface area contributed by atoms with E-state index in [1.807, 2.05) is 6.92 Å².